The number of benzene rings is 1. The van der Waals surface area contributed by atoms with Gasteiger partial charge in [0.15, 0.2) is 5.95 Å². The molecule has 0 aliphatic carbocycles. The highest BCUT2D eigenvalue weighted by atomic mass is 35.5. The van der Waals surface area contributed by atoms with Crippen molar-refractivity contribution < 1.29 is 0 Å². The number of rotatable bonds is 3. The van der Waals surface area contributed by atoms with E-state index in [9.17, 15) is 0 Å². The van der Waals surface area contributed by atoms with Crippen molar-refractivity contribution in [2.24, 2.45) is 0 Å². The van der Waals surface area contributed by atoms with Crippen LogP contribution in [0.3, 0.4) is 0 Å². The SMILES string of the molecule is N#C/C(=C/c1ccc(Cl)cc1)Cn1ccnc1N. The predicted molar refractivity (Wildman–Crippen MR) is 71.7 cm³/mol. The van der Waals surface area contributed by atoms with Gasteiger partial charge in [0.05, 0.1) is 12.6 Å². The minimum atomic E-state index is 0.396. The second-order valence-electron chi connectivity index (χ2n) is 3.75. The maximum absolute atomic E-state index is 9.11. The first-order chi connectivity index (χ1) is 8.69. The normalized spacial score (nSPS) is 11.2. The third kappa shape index (κ3) is 2.90. The molecule has 0 unspecified atom stereocenters. The molecule has 0 atom stereocenters. The summed E-state index contributed by atoms with van der Waals surface area (Å²) in [5.74, 6) is 0.396. The van der Waals surface area contributed by atoms with Crippen LogP contribution in [0.2, 0.25) is 5.02 Å². The lowest BCUT2D eigenvalue weighted by molar-refractivity contribution is 0.816. The molecule has 0 saturated heterocycles. The molecular weight excluding hydrogens is 248 g/mol. The summed E-state index contributed by atoms with van der Waals surface area (Å²) in [6.07, 6.45) is 5.14. The summed E-state index contributed by atoms with van der Waals surface area (Å²) in [6.45, 7) is 0.408. The Hall–Kier alpha value is -2.25. The largest absolute Gasteiger partial charge is 0.369 e. The minimum Gasteiger partial charge on any atom is -0.369 e. The Morgan fingerprint density at radius 1 is 1.44 bits per heavy atom. The molecule has 90 valence electrons. The summed E-state index contributed by atoms with van der Waals surface area (Å²) in [5.41, 5.74) is 7.18. The highest BCUT2D eigenvalue weighted by Crippen LogP contribution is 2.14. The van der Waals surface area contributed by atoms with Crippen LogP contribution in [-0.4, -0.2) is 9.55 Å². The summed E-state index contributed by atoms with van der Waals surface area (Å²) in [7, 11) is 0. The van der Waals surface area contributed by atoms with Crippen molar-refractivity contribution in [3.63, 3.8) is 0 Å². The van der Waals surface area contributed by atoms with E-state index in [2.05, 4.69) is 11.1 Å². The quantitative estimate of drug-likeness (QED) is 0.861. The average molecular weight is 259 g/mol. The fourth-order valence-electron chi connectivity index (χ4n) is 1.53. The predicted octanol–water partition coefficient (Wildman–Crippen LogP) is 2.73. The molecule has 1 aromatic carbocycles. The third-order valence-electron chi connectivity index (χ3n) is 2.44. The maximum Gasteiger partial charge on any atom is 0.200 e. The molecule has 0 aliphatic heterocycles. The number of aromatic nitrogens is 2. The van der Waals surface area contributed by atoms with E-state index in [4.69, 9.17) is 22.6 Å². The first kappa shape index (κ1) is 12.2. The summed E-state index contributed by atoms with van der Waals surface area (Å²) < 4.78 is 1.71. The van der Waals surface area contributed by atoms with E-state index in [1.54, 1.807) is 35.2 Å². The summed E-state index contributed by atoms with van der Waals surface area (Å²) >= 11 is 5.80. The summed E-state index contributed by atoms with van der Waals surface area (Å²) in [6, 6.07) is 9.44. The Labute approximate surface area is 110 Å². The van der Waals surface area contributed by atoms with E-state index in [1.165, 1.54) is 0 Å². The molecule has 1 aromatic heterocycles. The summed E-state index contributed by atoms with van der Waals surface area (Å²) in [4.78, 5) is 3.91. The second-order valence-corrected chi connectivity index (χ2v) is 4.18. The third-order valence-corrected chi connectivity index (χ3v) is 2.69. The van der Waals surface area contributed by atoms with Crippen LogP contribution in [0, 0.1) is 11.3 Å². The molecule has 0 spiro atoms. The van der Waals surface area contributed by atoms with Crippen LogP contribution in [0.1, 0.15) is 5.56 Å². The van der Waals surface area contributed by atoms with Gasteiger partial charge in [0.25, 0.3) is 0 Å². The zero-order chi connectivity index (χ0) is 13.0. The molecule has 0 bridgehead atoms. The van der Waals surface area contributed by atoms with Crippen LogP contribution >= 0.6 is 11.6 Å². The molecule has 0 saturated carbocycles. The number of anilines is 1. The highest BCUT2D eigenvalue weighted by Gasteiger charge is 2.02. The van der Waals surface area contributed by atoms with Crippen molar-refractivity contribution in [1.29, 1.82) is 5.26 Å². The lowest BCUT2D eigenvalue weighted by Crippen LogP contribution is -2.03. The number of nitrogens with two attached hydrogens (primary N) is 1. The van der Waals surface area contributed by atoms with E-state index in [0.29, 0.717) is 23.1 Å². The molecule has 0 radical (unpaired) electrons. The van der Waals surface area contributed by atoms with Gasteiger partial charge >= 0.3 is 0 Å². The minimum absolute atomic E-state index is 0.396. The van der Waals surface area contributed by atoms with Gasteiger partial charge in [0, 0.05) is 23.0 Å². The number of hydrogen-bond donors (Lipinski definition) is 1. The molecule has 0 fully saturated rings. The Morgan fingerprint density at radius 3 is 2.72 bits per heavy atom. The summed E-state index contributed by atoms with van der Waals surface area (Å²) in [5, 5.41) is 9.78. The van der Waals surface area contributed by atoms with Gasteiger partial charge in [-0.05, 0) is 23.8 Å². The number of nitriles is 1. The second kappa shape index (κ2) is 5.39. The lowest BCUT2D eigenvalue weighted by Gasteiger charge is -2.03. The van der Waals surface area contributed by atoms with Gasteiger partial charge in [-0.3, -0.25) is 0 Å². The van der Waals surface area contributed by atoms with Gasteiger partial charge in [0.1, 0.15) is 0 Å². The molecule has 0 amide bonds. The van der Waals surface area contributed by atoms with E-state index in [1.807, 2.05) is 12.1 Å². The molecule has 5 heteroatoms. The molecule has 0 aliphatic rings. The number of allylic oxidation sites excluding steroid dienone is 1. The fourth-order valence-corrected chi connectivity index (χ4v) is 1.66. The monoisotopic (exact) mass is 258 g/mol. The van der Waals surface area contributed by atoms with Crippen LogP contribution in [0.25, 0.3) is 6.08 Å². The van der Waals surface area contributed by atoms with Gasteiger partial charge < -0.3 is 10.3 Å². The number of nitrogen functional groups attached to an aromatic ring is 1. The first-order valence-electron chi connectivity index (χ1n) is 5.32. The number of hydrogen-bond acceptors (Lipinski definition) is 3. The first-order valence-corrected chi connectivity index (χ1v) is 5.69. The van der Waals surface area contributed by atoms with Crippen LogP contribution in [-0.2, 0) is 6.54 Å². The standard InChI is InChI=1S/C13H11ClN4/c14-12-3-1-10(2-4-12)7-11(8-15)9-18-6-5-17-13(18)16/h1-7H,9H2,(H2,16,17)/b11-7-. The van der Waals surface area contributed by atoms with Crippen molar-refractivity contribution in [2.45, 2.75) is 6.54 Å². The topological polar surface area (TPSA) is 67.6 Å². The molecular formula is C13H11ClN4. The van der Waals surface area contributed by atoms with Gasteiger partial charge in [-0.2, -0.15) is 5.26 Å². The molecule has 4 nitrogen and oxygen atoms in total. The van der Waals surface area contributed by atoms with Crippen LogP contribution in [0.4, 0.5) is 5.95 Å². The zero-order valence-electron chi connectivity index (χ0n) is 9.55. The van der Waals surface area contributed by atoms with Gasteiger partial charge in [-0.25, -0.2) is 4.98 Å². The maximum atomic E-state index is 9.11. The van der Waals surface area contributed by atoms with E-state index < -0.39 is 0 Å². The Kier molecular flexibility index (Phi) is 3.66. The van der Waals surface area contributed by atoms with Gasteiger partial charge in [-0.15, -0.1) is 0 Å². The number of halogens is 1. The van der Waals surface area contributed by atoms with Crippen molar-refractivity contribution in [3.8, 4) is 6.07 Å². The number of nitrogens with zero attached hydrogens (tertiary/aromatic N) is 3. The molecule has 2 rings (SSSR count). The molecule has 1 heterocycles. The molecule has 18 heavy (non-hydrogen) atoms. The Bertz CT molecular complexity index is 605. The Morgan fingerprint density at radius 2 is 2.17 bits per heavy atom. The lowest BCUT2D eigenvalue weighted by atomic mass is 10.1. The van der Waals surface area contributed by atoms with Crippen molar-refractivity contribution in [1.82, 2.24) is 9.55 Å². The average Bonchev–Trinajstić information content (AvgIpc) is 2.77. The van der Waals surface area contributed by atoms with Gasteiger partial charge in [0.2, 0.25) is 0 Å². The van der Waals surface area contributed by atoms with E-state index in [-0.39, 0.29) is 0 Å². The van der Waals surface area contributed by atoms with Crippen LogP contribution < -0.4 is 5.73 Å². The van der Waals surface area contributed by atoms with Crippen molar-refractivity contribution >= 4 is 23.6 Å². The zero-order valence-corrected chi connectivity index (χ0v) is 10.3. The Balaban J connectivity index is 2.21. The smallest absolute Gasteiger partial charge is 0.200 e. The fraction of sp³-hybridized carbons (Fsp3) is 0.0769. The highest BCUT2D eigenvalue weighted by molar-refractivity contribution is 6.30. The van der Waals surface area contributed by atoms with Crippen LogP contribution in [0.5, 0.6) is 0 Å². The van der Waals surface area contributed by atoms with Gasteiger partial charge in [-0.1, -0.05) is 23.7 Å². The molecule has 2 N–H and O–H groups in total. The number of imidazole rings is 1. The van der Waals surface area contributed by atoms with E-state index in [0.717, 1.165) is 5.56 Å². The van der Waals surface area contributed by atoms with Crippen molar-refractivity contribution in [2.75, 3.05) is 5.73 Å². The van der Waals surface area contributed by atoms with E-state index >= 15 is 0 Å². The van der Waals surface area contributed by atoms with Crippen molar-refractivity contribution in [3.05, 3.63) is 52.8 Å². The van der Waals surface area contributed by atoms with Crippen LogP contribution in [0.15, 0.2) is 42.2 Å². The molecule has 2 aromatic rings.